The monoisotopic (exact) mass is 345 g/mol. The van der Waals surface area contributed by atoms with Crippen LogP contribution in [0.3, 0.4) is 0 Å². The fourth-order valence-electron chi connectivity index (χ4n) is 2.41. The number of rotatable bonds is 5. The first-order chi connectivity index (χ1) is 12.3. The molecule has 0 saturated carbocycles. The summed E-state index contributed by atoms with van der Waals surface area (Å²) in [5, 5.41) is 8.20. The lowest BCUT2D eigenvalue weighted by Gasteiger charge is -2.10. The Kier molecular flexibility index (Phi) is 5.91. The van der Waals surface area contributed by atoms with Gasteiger partial charge in [0, 0.05) is 17.7 Å². The number of hydrazone groups is 1. The van der Waals surface area contributed by atoms with Crippen LogP contribution in [0, 0.1) is 0 Å². The average Bonchev–Trinajstić information content (AvgIpc) is 2.69. The minimum Gasteiger partial charge on any atom is -0.357 e. The molecular weight excluding hydrogens is 326 g/mol. The zero-order chi connectivity index (χ0) is 17.3. The van der Waals surface area contributed by atoms with Crippen molar-refractivity contribution in [1.29, 1.82) is 0 Å². The van der Waals surface area contributed by atoms with E-state index >= 15 is 0 Å². The van der Waals surface area contributed by atoms with Gasteiger partial charge in [0.1, 0.15) is 0 Å². The molecule has 3 aromatic carbocycles. The van der Waals surface area contributed by atoms with Crippen LogP contribution in [0.15, 0.2) is 96.1 Å². The van der Waals surface area contributed by atoms with Crippen molar-refractivity contribution >= 4 is 23.0 Å². The molecule has 0 unspecified atom stereocenters. The lowest BCUT2D eigenvalue weighted by molar-refractivity contribution is 0.867. The molecule has 0 aliphatic heterocycles. The van der Waals surface area contributed by atoms with Crippen LogP contribution in [0.5, 0.6) is 0 Å². The van der Waals surface area contributed by atoms with Gasteiger partial charge in [-0.3, -0.25) is 5.43 Å². The normalized spacial score (nSPS) is 9.92. The Bertz CT molecular complexity index is 789. The molecule has 0 spiro atoms. The maximum absolute atomic E-state index is 5.34. The van der Waals surface area contributed by atoms with Gasteiger partial charge in [-0.25, -0.2) is 0 Å². The summed E-state index contributed by atoms with van der Waals surface area (Å²) in [5.41, 5.74) is 7.05. The van der Waals surface area contributed by atoms with Gasteiger partial charge in [-0.15, -0.1) is 0 Å². The van der Waals surface area contributed by atoms with Crippen LogP contribution in [-0.2, 0) is 6.54 Å². The zero-order valence-electron chi connectivity index (χ0n) is 13.7. The minimum absolute atomic E-state index is 0.494. The summed E-state index contributed by atoms with van der Waals surface area (Å²) in [6.07, 6.45) is 0. The summed E-state index contributed by atoms with van der Waals surface area (Å²) in [6.45, 7) is 0.661. The lowest BCUT2D eigenvalue weighted by atomic mass is 10.0. The minimum atomic E-state index is 0.494. The van der Waals surface area contributed by atoms with E-state index in [1.807, 2.05) is 78.9 Å². The molecule has 2 N–H and O–H groups in total. The number of nitrogens with one attached hydrogen (secondary N) is 2. The number of hydrogen-bond acceptors (Lipinski definition) is 2. The average molecular weight is 345 g/mol. The highest BCUT2D eigenvalue weighted by Crippen LogP contribution is 2.10. The summed E-state index contributed by atoms with van der Waals surface area (Å²) in [5.74, 6) is 0. The van der Waals surface area contributed by atoms with Crippen LogP contribution >= 0.6 is 12.2 Å². The summed E-state index contributed by atoms with van der Waals surface area (Å²) in [6, 6.07) is 30.2. The van der Waals surface area contributed by atoms with Crippen LogP contribution in [-0.4, -0.2) is 10.8 Å². The van der Waals surface area contributed by atoms with Gasteiger partial charge < -0.3 is 5.32 Å². The zero-order valence-corrected chi connectivity index (χ0v) is 14.5. The standard InChI is InChI=1S/C21H19N3S/c25-21(22-16-17-10-4-1-5-11-17)24-23-20(18-12-6-2-7-13-18)19-14-8-3-9-15-19/h1-15H,16H2,(H2,22,24,25). The van der Waals surface area contributed by atoms with Crippen molar-refractivity contribution < 1.29 is 0 Å². The molecule has 0 aliphatic rings. The Morgan fingerprint density at radius 3 is 1.72 bits per heavy atom. The quantitative estimate of drug-likeness (QED) is 0.415. The first kappa shape index (κ1) is 16.9. The van der Waals surface area contributed by atoms with Crippen molar-refractivity contribution in [2.24, 2.45) is 5.10 Å². The molecule has 0 amide bonds. The summed E-state index contributed by atoms with van der Waals surface area (Å²) >= 11 is 5.34. The molecule has 0 heterocycles. The summed E-state index contributed by atoms with van der Waals surface area (Å²) in [7, 11) is 0. The third-order valence-corrected chi connectivity index (χ3v) is 3.90. The van der Waals surface area contributed by atoms with Gasteiger partial charge in [-0.1, -0.05) is 91.0 Å². The van der Waals surface area contributed by atoms with E-state index in [-0.39, 0.29) is 0 Å². The van der Waals surface area contributed by atoms with Crippen molar-refractivity contribution in [1.82, 2.24) is 10.7 Å². The molecule has 25 heavy (non-hydrogen) atoms. The van der Waals surface area contributed by atoms with Gasteiger partial charge in [-0.05, 0) is 17.8 Å². The van der Waals surface area contributed by atoms with E-state index in [4.69, 9.17) is 12.2 Å². The molecule has 3 rings (SSSR count). The van der Waals surface area contributed by atoms with Crippen molar-refractivity contribution in [2.75, 3.05) is 0 Å². The number of nitrogens with zero attached hydrogens (tertiary/aromatic N) is 1. The highest BCUT2D eigenvalue weighted by atomic mass is 32.1. The van der Waals surface area contributed by atoms with Crippen LogP contribution in [0.1, 0.15) is 16.7 Å². The fourth-order valence-corrected chi connectivity index (χ4v) is 2.53. The molecule has 0 bridgehead atoms. The van der Waals surface area contributed by atoms with E-state index in [1.54, 1.807) is 0 Å². The van der Waals surface area contributed by atoms with Gasteiger partial charge in [0.2, 0.25) is 0 Å². The fraction of sp³-hybridized carbons (Fsp3) is 0.0476. The maximum Gasteiger partial charge on any atom is 0.187 e. The van der Waals surface area contributed by atoms with E-state index in [9.17, 15) is 0 Å². The Balaban J connectivity index is 1.72. The predicted octanol–water partition coefficient (Wildman–Crippen LogP) is 4.10. The highest BCUT2D eigenvalue weighted by Gasteiger charge is 2.06. The second-order valence-electron chi connectivity index (χ2n) is 5.47. The molecule has 0 fully saturated rings. The van der Waals surface area contributed by atoms with E-state index < -0.39 is 0 Å². The number of benzene rings is 3. The molecule has 0 radical (unpaired) electrons. The second-order valence-corrected chi connectivity index (χ2v) is 5.88. The molecule has 0 aliphatic carbocycles. The van der Waals surface area contributed by atoms with Crippen molar-refractivity contribution in [3.05, 3.63) is 108 Å². The first-order valence-electron chi connectivity index (χ1n) is 8.09. The Hall–Kier alpha value is -2.98. The van der Waals surface area contributed by atoms with Gasteiger partial charge in [0.25, 0.3) is 0 Å². The predicted molar refractivity (Wildman–Crippen MR) is 108 cm³/mol. The van der Waals surface area contributed by atoms with Crippen molar-refractivity contribution in [2.45, 2.75) is 6.54 Å². The SMILES string of the molecule is S=C(NCc1ccccc1)NN=C(c1ccccc1)c1ccccc1. The Morgan fingerprint density at radius 1 is 0.720 bits per heavy atom. The molecule has 3 aromatic rings. The first-order valence-corrected chi connectivity index (χ1v) is 8.50. The molecular formula is C21H19N3S. The van der Waals surface area contributed by atoms with Crippen molar-refractivity contribution in [3.8, 4) is 0 Å². The smallest absolute Gasteiger partial charge is 0.187 e. The van der Waals surface area contributed by atoms with Gasteiger partial charge in [0.05, 0.1) is 5.71 Å². The molecule has 0 atom stereocenters. The molecule has 0 saturated heterocycles. The molecule has 3 nitrogen and oxygen atoms in total. The maximum atomic E-state index is 5.34. The topological polar surface area (TPSA) is 36.4 Å². The van der Waals surface area contributed by atoms with Crippen molar-refractivity contribution in [3.63, 3.8) is 0 Å². The number of hydrogen-bond donors (Lipinski definition) is 2. The molecule has 0 aromatic heterocycles. The summed E-state index contributed by atoms with van der Waals surface area (Å²) < 4.78 is 0. The number of thiocarbonyl (C=S) groups is 1. The third kappa shape index (κ3) is 4.99. The molecule has 4 heteroatoms. The van der Waals surface area contributed by atoms with E-state index in [1.165, 1.54) is 5.56 Å². The van der Waals surface area contributed by atoms with E-state index in [0.29, 0.717) is 11.7 Å². The second kappa shape index (κ2) is 8.76. The van der Waals surface area contributed by atoms with E-state index in [0.717, 1.165) is 16.8 Å². The van der Waals surface area contributed by atoms with Gasteiger partial charge in [-0.2, -0.15) is 5.10 Å². The summed E-state index contributed by atoms with van der Waals surface area (Å²) in [4.78, 5) is 0. The third-order valence-electron chi connectivity index (χ3n) is 3.66. The lowest BCUT2D eigenvalue weighted by Crippen LogP contribution is -2.32. The van der Waals surface area contributed by atoms with Crippen LogP contribution in [0.2, 0.25) is 0 Å². The van der Waals surface area contributed by atoms with Gasteiger partial charge in [0.15, 0.2) is 5.11 Å². The Morgan fingerprint density at radius 2 is 1.20 bits per heavy atom. The highest BCUT2D eigenvalue weighted by molar-refractivity contribution is 7.80. The van der Waals surface area contributed by atoms with Crippen LogP contribution < -0.4 is 10.7 Å². The molecule has 124 valence electrons. The largest absolute Gasteiger partial charge is 0.357 e. The van der Waals surface area contributed by atoms with Crippen LogP contribution in [0.4, 0.5) is 0 Å². The van der Waals surface area contributed by atoms with E-state index in [2.05, 4.69) is 28.0 Å². The van der Waals surface area contributed by atoms with Gasteiger partial charge >= 0.3 is 0 Å². The Labute approximate surface area is 153 Å². The van der Waals surface area contributed by atoms with Crippen LogP contribution in [0.25, 0.3) is 0 Å².